The lowest BCUT2D eigenvalue weighted by Crippen LogP contribution is -2.20. The highest BCUT2D eigenvalue weighted by molar-refractivity contribution is 7.99. The minimum absolute atomic E-state index is 0.125. The lowest BCUT2D eigenvalue weighted by atomic mass is 10.2. The normalized spacial score (nSPS) is 11.2. The molecule has 0 bridgehead atoms. The average molecular weight is 379 g/mol. The largest absolute Gasteiger partial charge is 0.325 e. The number of carbonyl (C=O) groups excluding carboxylic acids is 1. The van der Waals surface area contributed by atoms with Crippen LogP contribution in [0.25, 0.3) is 16.7 Å². The van der Waals surface area contributed by atoms with Crippen LogP contribution in [0.1, 0.15) is 5.56 Å². The van der Waals surface area contributed by atoms with Crippen LogP contribution in [0.4, 0.5) is 5.69 Å². The molecule has 0 radical (unpaired) electrons. The molecule has 0 fully saturated rings. The van der Waals surface area contributed by atoms with Crippen molar-refractivity contribution < 1.29 is 4.79 Å². The van der Waals surface area contributed by atoms with Crippen molar-refractivity contribution in [3.8, 4) is 0 Å². The molecule has 0 unspecified atom stereocenters. The Morgan fingerprint density at radius 3 is 2.67 bits per heavy atom. The van der Waals surface area contributed by atoms with Crippen molar-refractivity contribution in [1.29, 1.82) is 0 Å². The SMILES string of the molecule is Cc1ccccc1NC(=O)CSc1nnc2n(C)c(=O)c3ccccc3n12. The molecule has 0 atom stereocenters. The number of nitrogens with zero attached hydrogens (tertiary/aromatic N) is 4. The third kappa shape index (κ3) is 3.08. The molecule has 8 heteroatoms. The number of amides is 1. The van der Waals surface area contributed by atoms with Gasteiger partial charge in [-0.1, -0.05) is 42.1 Å². The first kappa shape index (κ1) is 17.3. The molecule has 1 amide bonds. The lowest BCUT2D eigenvalue weighted by molar-refractivity contribution is -0.113. The van der Waals surface area contributed by atoms with Crippen molar-refractivity contribution in [3.05, 3.63) is 64.4 Å². The monoisotopic (exact) mass is 379 g/mol. The van der Waals surface area contributed by atoms with E-state index >= 15 is 0 Å². The van der Waals surface area contributed by atoms with Gasteiger partial charge in [0, 0.05) is 12.7 Å². The average Bonchev–Trinajstić information content (AvgIpc) is 3.10. The van der Waals surface area contributed by atoms with E-state index in [1.807, 2.05) is 53.8 Å². The summed E-state index contributed by atoms with van der Waals surface area (Å²) >= 11 is 1.28. The molecule has 0 aliphatic heterocycles. The van der Waals surface area contributed by atoms with Gasteiger partial charge in [0.2, 0.25) is 11.7 Å². The molecule has 0 aliphatic rings. The second-order valence-electron chi connectivity index (χ2n) is 6.15. The number of aryl methyl sites for hydroxylation is 2. The summed E-state index contributed by atoms with van der Waals surface area (Å²) in [7, 11) is 1.66. The fourth-order valence-electron chi connectivity index (χ4n) is 2.93. The number of nitrogens with one attached hydrogen (secondary N) is 1. The Labute approximate surface area is 159 Å². The van der Waals surface area contributed by atoms with Crippen LogP contribution in [0, 0.1) is 6.92 Å². The number of fused-ring (bicyclic) bond motifs is 3. The number of benzene rings is 2. The molecule has 7 nitrogen and oxygen atoms in total. The highest BCUT2D eigenvalue weighted by Gasteiger charge is 2.16. The summed E-state index contributed by atoms with van der Waals surface area (Å²) < 4.78 is 3.27. The Kier molecular flexibility index (Phi) is 4.41. The molecular formula is C19H17N5O2S. The fraction of sp³-hybridized carbons (Fsp3) is 0.158. The predicted molar refractivity (Wildman–Crippen MR) is 106 cm³/mol. The van der Waals surface area contributed by atoms with Crippen molar-refractivity contribution in [2.24, 2.45) is 7.05 Å². The second-order valence-corrected chi connectivity index (χ2v) is 7.09. The second kappa shape index (κ2) is 6.88. The first-order chi connectivity index (χ1) is 13.1. The third-order valence-corrected chi connectivity index (χ3v) is 5.28. The fourth-order valence-corrected chi connectivity index (χ4v) is 3.67. The maximum Gasteiger partial charge on any atom is 0.262 e. The number of carbonyl (C=O) groups is 1. The van der Waals surface area contributed by atoms with Gasteiger partial charge in [0.05, 0.1) is 16.7 Å². The van der Waals surface area contributed by atoms with Crippen molar-refractivity contribution in [2.45, 2.75) is 12.1 Å². The number of thioether (sulfide) groups is 1. The first-order valence-corrected chi connectivity index (χ1v) is 9.36. The Morgan fingerprint density at radius 1 is 1.11 bits per heavy atom. The van der Waals surface area contributed by atoms with Gasteiger partial charge in [-0.3, -0.25) is 18.6 Å². The van der Waals surface area contributed by atoms with Crippen LogP contribution >= 0.6 is 11.8 Å². The molecule has 4 aromatic rings. The number of hydrogen-bond donors (Lipinski definition) is 1. The molecule has 1 N–H and O–H groups in total. The van der Waals surface area contributed by atoms with E-state index in [2.05, 4.69) is 15.5 Å². The van der Waals surface area contributed by atoms with E-state index in [4.69, 9.17) is 0 Å². The van der Waals surface area contributed by atoms with E-state index in [9.17, 15) is 9.59 Å². The van der Waals surface area contributed by atoms with Crippen LogP contribution in [-0.4, -0.2) is 30.8 Å². The standard InChI is InChI=1S/C19H17N5O2S/c1-12-7-3-5-9-14(12)20-16(25)11-27-19-22-21-18-23(2)17(26)13-8-4-6-10-15(13)24(18)19/h3-10H,11H2,1-2H3,(H,20,25). The Bertz CT molecular complexity index is 1230. The van der Waals surface area contributed by atoms with Gasteiger partial charge in [0.25, 0.3) is 5.56 Å². The topological polar surface area (TPSA) is 81.3 Å². The number of para-hydroxylation sites is 2. The van der Waals surface area contributed by atoms with E-state index in [-0.39, 0.29) is 17.2 Å². The first-order valence-electron chi connectivity index (χ1n) is 8.37. The third-order valence-electron chi connectivity index (χ3n) is 4.35. The maximum atomic E-state index is 12.5. The van der Waals surface area contributed by atoms with Gasteiger partial charge < -0.3 is 5.32 Å². The van der Waals surface area contributed by atoms with Crippen LogP contribution in [0.3, 0.4) is 0 Å². The van der Waals surface area contributed by atoms with E-state index in [1.54, 1.807) is 13.1 Å². The quantitative estimate of drug-likeness (QED) is 0.551. The van der Waals surface area contributed by atoms with E-state index in [0.717, 1.165) is 16.8 Å². The van der Waals surface area contributed by atoms with Crippen LogP contribution in [0.5, 0.6) is 0 Å². The van der Waals surface area contributed by atoms with Gasteiger partial charge in [-0.05, 0) is 30.7 Å². The number of hydrogen-bond acceptors (Lipinski definition) is 5. The molecule has 136 valence electrons. The van der Waals surface area contributed by atoms with Crippen molar-refractivity contribution in [3.63, 3.8) is 0 Å². The van der Waals surface area contributed by atoms with E-state index in [1.165, 1.54) is 16.3 Å². The summed E-state index contributed by atoms with van der Waals surface area (Å²) in [5.74, 6) is 0.507. The molecule has 27 heavy (non-hydrogen) atoms. The number of aromatic nitrogens is 4. The van der Waals surface area contributed by atoms with Crippen molar-refractivity contribution >= 4 is 40.0 Å². The summed E-state index contributed by atoms with van der Waals surface area (Å²) in [6, 6.07) is 14.9. The molecule has 2 aromatic heterocycles. The summed E-state index contributed by atoms with van der Waals surface area (Å²) in [5, 5.41) is 12.4. The Hall–Kier alpha value is -3.13. The molecule has 2 aromatic carbocycles. The molecule has 2 heterocycles. The van der Waals surface area contributed by atoms with Gasteiger partial charge in [0.15, 0.2) is 5.16 Å². The summed E-state index contributed by atoms with van der Waals surface area (Å²) in [6.45, 7) is 1.95. The number of anilines is 1. The molecule has 0 spiro atoms. The van der Waals surface area contributed by atoms with Crippen LogP contribution in [0.15, 0.2) is 58.5 Å². The van der Waals surface area contributed by atoms with Crippen LogP contribution in [0.2, 0.25) is 0 Å². The molecule has 4 rings (SSSR count). The van der Waals surface area contributed by atoms with Crippen LogP contribution < -0.4 is 10.9 Å². The summed E-state index contributed by atoms with van der Waals surface area (Å²) in [6.07, 6.45) is 0. The van der Waals surface area contributed by atoms with Crippen molar-refractivity contribution in [2.75, 3.05) is 11.1 Å². The summed E-state index contributed by atoms with van der Waals surface area (Å²) in [5.41, 5.74) is 2.40. The zero-order valence-corrected chi connectivity index (χ0v) is 15.7. The molecule has 0 saturated carbocycles. The predicted octanol–water partition coefficient (Wildman–Crippen LogP) is 2.62. The zero-order valence-electron chi connectivity index (χ0n) is 14.8. The lowest BCUT2D eigenvalue weighted by Gasteiger charge is -2.09. The zero-order chi connectivity index (χ0) is 19.0. The Morgan fingerprint density at radius 2 is 1.85 bits per heavy atom. The van der Waals surface area contributed by atoms with Gasteiger partial charge in [-0.15, -0.1) is 10.2 Å². The summed E-state index contributed by atoms with van der Waals surface area (Å²) in [4.78, 5) is 24.8. The van der Waals surface area contributed by atoms with Crippen molar-refractivity contribution in [1.82, 2.24) is 19.2 Å². The van der Waals surface area contributed by atoms with E-state index in [0.29, 0.717) is 16.3 Å². The highest BCUT2D eigenvalue weighted by atomic mass is 32.2. The highest BCUT2D eigenvalue weighted by Crippen LogP contribution is 2.22. The molecular weight excluding hydrogens is 362 g/mol. The number of rotatable bonds is 4. The maximum absolute atomic E-state index is 12.5. The molecule has 0 saturated heterocycles. The van der Waals surface area contributed by atoms with Gasteiger partial charge in [0.1, 0.15) is 0 Å². The Balaban J connectivity index is 1.64. The minimum Gasteiger partial charge on any atom is -0.325 e. The van der Waals surface area contributed by atoms with Gasteiger partial charge in [-0.2, -0.15) is 0 Å². The minimum atomic E-state index is -0.126. The van der Waals surface area contributed by atoms with Gasteiger partial charge >= 0.3 is 0 Å². The van der Waals surface area contributed by atoms with Gasteiger partial charge in [-0.25, -0.2) is 0 Å². The smallest absolute Gasteiger partial charge is 0.262 e. The molecule has 0 aliphatic carbocycles. The van der Waals surface area contributed by atoms with Crippen LogP contribution in [-0.2, 0) is 11.8 Å². The van der Waals surface area contributed by atoms with E-state index < -0.39 is 0 Å².